The molecule has 4 N–H and O–H groups in total. The van der Waals surface area contributed by atoms with Crippen molar-refractivity contribution in [3.05, 3.63) is 94.9 Å². The van der Waals surface area contributed by atoms with Gasteiger partial charge in [0, 0.05) is 10.4 Å². The zero-order chi connectivity index (χ0) is 22.7. The highest BCUT2D eigenvalue weighted by Gasteiger charge is 2.29. The van der Waals surface area contributed by atoms with E-state index >= 15 is 0 Å². The van der Waals surface area contributed by atoms with Crippen molar-refractivity contribution in [3.8, 4) is 11.1 Å². The second-order valence-electron chi connectivity index (χ2n) is 8.62. The summed E-state index contributed by atoms with van der Waals surface area (Å²) in [5.41, 5.74) is 17.3. The number of nitrogens with zero attached hydrogens (tertiary/aromatic N) is 2. The van der Waals surface area contributed by atoms with Crippen LogP contribution in [-0.2, 0) is 0 Å². The Morgan fingerprint density at radius 1 is 0.906 bits per heavy atom. The number of aromatic nitrogens is 2. The van der Waals surface area contributed by atoms with Crippen molar-refractivity contribution in [2.45, 2.75) is 19.9 Å². The summed E-state index contributed by atoms with van der Waals surface area (Å²) in [6, 6.07) is 24.0. The molecule has 1 heterocycles. The van der Waals surface area contributed by atoms with Crippen LogP contribution in [0.15, 0.2) is 72.8 Å². The first-order valence-electron chi connectivity index (χ1n) is 10.6. The molecule has 0 amide bonds. The normalized spacial score (nSPS) is 13.0. The molecule has 162 valence electrons. The van der Waals surface area contributed by atoms with E-state index in [2.05, 4.69) is 36.4 Å². The largest absolute Gasteiger partial charge is 0.330 e. The number of nitrogens with two attached hydrogens (primary N) is 2. The van der Waals surface area contributed by atoms with Gasteiger partial charge in [0.15, 0.2) is 5.82 Å². The fourth-order valence-corrected chi connectivity index (χ4v) is 3.71. The average molecular weight is 443 g/mol. The predicted molar refractivity (Wildman–Crippen MR) is 135 cm³/mol. The van der Waals surface area contributed by atoms with Crippen molar-refractivity contribution < 1.29 is 0 Å². The summed E-state index contributed by atoms with van der Waals surface area (Å²) in [4.78, 5) is 9.50. The van der Waals surface area contributed by atoms with Crippen LogP contribution in [0.3, 0.4) is 0 Å². The summed E-state index contributed by atoms with van der Waals surface area (Å²) < 4.78 is 0. The van der Waals surface area contributed by atoms with E-state index in [1.165, 1.54) is 11.1 Å². The summed E-state index contributed by atoms with van der Waals surface area (Å²) in [6.45, 7) is 4.54. The smallest absolute Gasteiger partial charge is 0.152 e. The highest BCUT2D eigenvalue weighted by molar-refractivity contribution is 6.31. The first-order valence-corrected chi connectivity index (χ1v) is 11.0. The topological polar surface area (TPSA) is 77.8 Å². The molecule has 4 rings (SSSR count). The lowest BCUT2D eigenvalue weighted by atomic mass is 9.82. The fourth-order valence-electron chi connectivity index (χ4n) is 3.54. The van der Waals surface area contributed by atoms with Gasteiger partial charge in [0.2, 0.25) is 0 Å². The van der Waals surface area contributed by atoms with Crippen molar-refractivity contribution in [2.75, 3.05) is 6.54 Å². The van der Waals surface area contributed by atoms with E-state index in [-0.39, 0.29) is 11.5 Å². The third kappa shape index (κ3) is 4.73. The molecule has 5 heteroatoms. The molecular weight excluding hydrogens is 416 g/mol. The summed E-state index contributed by atoms with van der Waals surface area (Å²) >= 11 is 6.23. The quantitative estimate of drug-likeness (QED) is 0.378. The molecule has 32 heavy (non-hydrogen) atoms. The SMILES string of the molecule is CC(C)(CN)C(N)c1nc(/C=C/c2ccc(-c3ccccc3)cc2)nc2cc(Cl)ccc12. The highest BCUT2D eigenvalue weighted by Crippen LogP contribution is 2.33. The van der Waals surface area contributed by atoms with Crippen LogP contribution in [0.2, 0.25) is 5.02 Å². The number of rotatable bonds is 6. The van der Waals surface area contributed by atoms with E-state index in [1.54, 1.807) is 0 Å². The maximum atomic E-state index is 6.61. The zero-order valence-electron chi connectivity index (χ0n) is 18.3. The lowest BCUT2D eigenvalue weighted by Crippen LogP contribution is -2.36. The van der Waals surface area contributed by atoms with Crippen molar-refractivity contribution in [3.63, 3.8) is 0 Å². The maximum absolute atomic E-state index is 6.61. The van der Waals surface area contributed by atoms with Crippen LogP contribution in [-0.4, -0.2) is 16.5 Å². The van der Waals surface area contributed by atoms with E-state index in [0.29, 0.717) is 17.4 Å². The van der Waals surface area contributed by atoms with Crippen LogP contribution in [0.5, 0.6) is 0 Å². The van der Waals surface area contributed by atoms with Gasteiger partial charge in [-0.05, 0) is 52.9 Å². The van der Waals surface area contributed by atoms with Gasteiger partial charge in [-0.1, -0.05) is 86.1 Å². The Bertz CT molecular complexity index is 1250. The van der Waals surface area contributed by atoms with Crippen LogP contribution in [0.1, 0.15) is 37.0 Å². The minimum atomic E-state index is -0.337. The Morgan fingerprint density at radius 2 is 1.59 bits per heavy atom. The van der Waals surface area contributed by atoms with Crippen LogP contribution >= 0.6 is 11.6 Å². The van der Waals surface area contributed by atoms with Gasteiger partial charge in [-0.15, -0.1) is 0 Å². The van der Waals surface area contributed by atoms with Crippen molar-refractivity contribution >= 4 is 34.7 Å². The van der Waals surface area contributed by atoms with E-state index < -0.39 is 0 Å². The first-order chi connectivity index (χ1) is 15.4. The first kappa shape index (κ1) is 22.2. The molecule has 1 atom stereocenters. The van der Waals surface area contributed by atoms with Crippen molar-refractivity contribution in [1.29, 1.82) is 0 Å². The summed E-state index contributed by atoms with van der Waals surface area (Å²) in [5.74, 6) is 0.588. The molecule has 1 unspecified atom stereocenters. The lowest BCUT2D eigenvalue weighted by molar-refractivity contribution is 0.298. The van der Waals surface area contributed by atoms with Crippen molar-refractivity contribution in [2.24, 2.45) is 16.9 Å². The Labute approximate surface area is 194 Å². The van der Waals surface area contributed by atoms with Crippen LogP contribution < -0.4 is 11.5 Å². The molecule has 4 aromatic rings. The van der Waals surface area contributed by atoms with Gasteiger partial charge >= 0.3 is 0 Å². The Kier molecular flexibility index (Phi) is 6.38. The molecule has 0 aliphatic rings. The van der Waals surface area contributed by atoms with Gasteiger partial charge in [0.05, 0.1) is 17.3 Å². The molecule has 4 nitrogen and oxygen atoms in total. The van der Waals surface area contributed by atoms with Crippen LogP contribution in [0.4, 0.5) is 0 Å². The number of benzene rings is 3. The maximum Gasteiger partial charge on any atom is 0.152 e. The Morgan fingerprint density at radius 3 is 2.28 bits per heavy atom. The van der Waals surface area contributed by atoms with E-state index in [9.17, 15) is 0 Å². The Hall–Kier alpha value is -3.05. The number of halogens is 1. The van der Waals surface area contributed by atoms with Gasteiger partial charge in [-0.25, -0.2) is 9.97 Å². The van der Waals surface area contributed by atoms with Gasteiger partial charge in [0.25, 0.3) is 0 Å². The van der Waals surface area contributed by atoms with Gasteiger partial charge in [-0.2, -0.15) is 0 Å². The monoisotopic (exact) mass is 442 g/mol. The number of hydrogen-bond acceptors (Lipinski definition) is 4. The van der Waals surface area contributed by atoms with Gasteiger partial charge in [-0.3, -0.25) is 0 Å². The second kappa shape index (κ2) is 9.21. The minimum absolute atomic E-state index is 0.310. The molecular formula is C27H27ClN4. The van der Waals surface area contributed by atoms with Gasteiger partial charge < -0.3 is 11.5 Å². The predicted octanol–water partition coefficient (Wildman–Crippen LogP) is 6.11. The Balaban J connectivity index is 1.69. The third-order valence-corrected chi connectivity index (χ3v) is 6.05. The molecule has 0 radical (unpaired) electrons. The summed E-state index contributed by atoms with van der Waals surface area (Å²) in [5, 5.41) is 1.52. The average Bonchev–Trinajstić information content (AvgIpc) is 2.82. The molecule has 0 spiro atoms. The molecule has 3 aromatic carbocycles. The molecule has 0 fully saturated rings. The van der Waals surface area contributed by atoms with E-state index in [0.717, 1.165) is 22.2 Å². The lowest BCUT2D eigenvalue weighted by Gasteiger charge is -2.30. The van der Waals surface area contributed by atoms with E-state index in [1.807, 2.05) is 62.4 Å². The van der Waals surface area contributed by atoms with Crippen LogP contribution in [0, 0.1) is 5.41 Å². The molecule has 0 aliphatic carbocycles. The number of fused-ring (bicyclic) bond motifs is 1. The third-order valence-electron chi connectivity index (χ3n) is 5.81. The van der Waals surface area contributed by atoms with Crippen LogP contribution in [0.25, 0.3) is 34.2 Å². The molecule has 0 saturated carbocycles. The molecule has 0 aliphatic heterocycles. The van der Waals surface area contributed by atoms with E-state index in [4.69, 9.17) is 33.0 Å². The fraction of sp³-hybridized carbons (Fsp3) is 0.185. The standard InChI is InChI=1S/C27H27ClN4/c1-27(2,17-29)26(30)25-22-14-13-21(28)16-23(22)31-24(32-25)15-10-18-8-11-20(12-9-18)19-6-4-3-5-7-19/h3-16,26H,17,29-30H2,1-2H3/b15-10+. The molecule has 1 aromatic heterocycles. The second-order valence-corrected chi connectivity index (χ2v) is 9.06. The van der Waals surface area contributed by atoms with Gasteiger partial charge in [0.1, 0.15) is 0 Å². The van der Waals surface area contributed by atoms with Crippen molar-refractivity contribution in [1.82, 2.24) is 9.97 Å². The summed E-state index contributed by atoms with van der Waals surface area (Å²) in [7, 11) is 0. The highest BCUT2D eigenvalue weighted by atomic mass is 35.5. The number of hydrogen-bond donors (Lipinski definition) is 2. The summed E-state index contributed by atoms with van der Waals surface area (Å²) in [6.07, 6.45) is 3.91. The molecule has 0 saturated heterocycles. The minimum Gasteiger partial charge on any atom is -0.330 e. The zero-order valence-corrected chi connectivity index (χ0v) is 19.1. The molecule has 0 bridgehead atoms.